The molecule has 0 saturated heterocycles. The van der Waals surface area contributed by atoms with Crippen molar-refractivity contribution >= 4 is 28.8 Å². The van der Waals surface area contributed by atoms with Gasteiger partial charge in [-0.15, -0.1) is 11.3 Å². The molecule has 0 unspecified atom stereocenters. The van der Waals surface area contributed by atoms with Gasteiger partial charge in [0.25, 0.3) is 0 Å². The fraction of sp³-hybridized carbons (Fsp3) is 0.500. The number of halogens is 1. The summed E-state index contributed by atoms with van der Waals surface area (Å²) in [5.41, 5.74) is 1.06. The van der Waals surface area contributed by atoms with Crippen molar-refractivity contribution in [3.05, 3.63) is 28.5 Å². The number of rotatable bonds is 3. The molecule has 5 heteroatoms. The SMILES string of the molecule is Cc1ncc(-c2ccc(Cl)s2)c(NC2CCCCCC2)n1. The average molecular weight is 322 g/mol. The molecule has 0 aliphatic heterocycles. The van der Waals surface area contributed by atoms with Crippen LogP contribution in [0.1, 0.15) is 44.3 Å². The molecule has 1 N–H and O–H groups in total. The van der Waals surface area contributed by atoms with Crippen molar-refractivity contribution in [3.63, 3.8) is 0 Å². The van der Waals surface area contributed by atoms with Crippen LogP contribution < -0.4 is 5.32 Å². The molecule has 0 atom stereocenters. The lowest BCUT2D eigenvalue weighted by atomic mass is 10.1. The predicted molar refractivity (Wildman–Crippen MR) is 90.2 cm³/mol. The highest BCUT2D eigenvalue weighted by atomic mass is 35.5. The standard InChI is InChI=1S/C16H20ClN3S/c1-11-18-10-13(14-8-9-15(17)21-14)16(19-11)20-12-6-4-2-3-5-7-12/h8-10,12H,2-7H2,1H3,(H,18,19,20). The molecule has 0 amide bonds. The molecule has 1 aliphatic rings. The highest BCUT2D eigenvalue weighted by Crippen LogP contribution is 2.35. The predicted octanol–water partition coefficient (Wildman–Crippen LogP) is 5.30. The Morgan fingerprint density at radius 1 is 1.19 bits per heavy atom. The van der Waals surface area contributed by atoms with Crippen LogP contribution in [0.5, 0.6) is 0 Å². The lowest BCUT2D eigenvalue weighted by molar-refractivity contribution is 0.617. The van der Waals surface area contributed by atoms with E-state index in [9.17, 15) is 0 Å². The van der Waals surface area contributed by atoms with Gasteiger partial charge in [-0.2, -0.15) is 0 Å². The summed E-state index contributed by atoms with van der Waals surface area (Å²) in [5, 5.41) is 3.65. The van der Waals surface area contributed by atoms with Gasteiger partial charge >= 0.3 is 0 Å². The summed E-state index contributed by atoms with van der Waals surface area (Å²) in [6, 6.07) is 4.49. The average Bonchev–Trinajstić information content (AvgIpc) is 2.73. The minimum Gasteiger partial charge on any atom is -0.367 e. The number of nitrogens with one attached hydrogen (secondary N) is 1. The van der Waals surface area contributed by atoms with Crippen molar-refractivity contribution in [1.29, 1.82) is 0 Å². The molecule has 1 saturated carbocycles. The van der Waals surface area contributed by atoms with Crippen molar-refractivity contribution in [2.24, 2.45) is 0 Å². The highest BCUT2D eigenvalue weighted by Gasteiger charge is 2.16. The first-order chi connectivity index (χ1) is 10.2. The third-order valence-corrected chi connectivity index (χ3v) is 5.21. The van der Waals surface area contributed by atoms with Crippen molar-refractivity contribution in [2.45, 2.75) is 51.5 Å². The second-order valence-electron chi connectivity index (χ2n) is 5.62. The molecule has 1 fully saturated rings. The van der Waals surface area contributed by atoms with Gasteiger partial charge < -0.3 is 5.32 Å². The van der Waals surface area contributed by atoms with Gasteiger partial charge in [-0.3, -0.25) is 0 Å². The molecule has 3 nitrogen and oxygen atoms in total. The molecule has 2 heterocycles. The molecular formula is C16H20ClN3S. The maximum atomic E-state index is 6.06. The van der Waals surface area contributed by atoms with Gasteiger partial charge in [0, 0.05) is 17.1 Å². The molecule has 0 spiro atoms. The minimum absolute atomic E-state index is 0.524. The van der Waals surface area contributed by atoms with E-state index in [-0.39, 0.29) is 0 Å². The number of nitrogens with zero attached hydrogens (tertiary/aromatic N) is 2. The quantitative estimate of drug-likeness (QED) is 0.779. The third kappa shape index (κ3) is 3.74. The van der Waals surface area contributed by atoms with Crippen LogP contribution in [-0.2, 0) is 0 Å². The second-order valence-corrected chi connectivity index (χ2v) is 7.33. The van der Waals surface area contributed by atoms with Crippen LogP contribution >= 0.6 is 22.9 Å². The lowest BCUT2D eigenvalue weighted by Gasteiger charge is -2.19. The molecule has 112 valence electrons. The lowest BCUT2D eigenvalue weighted by Crippen LogP contribution is -2.20. The van der Waals surface area contributed by atoms with Gasteiger partial charge in [-0.05, 0) is 31.9 Å². The summed E-state index contributed by atoms with van der Waals surface area (Å²) in [6.07, 6.45) is 9.69. The monoisotopic (exact) mass is 321 g/mol. The van der Waals surface area contributed by atoms with Gasteiger partial charge in [0.2, 0.25) is 0 Å². The van der Waals surface area contributed by atoms with E-state index in [0.717, 1.165) is 26.4 Å². The summed E-state index contributed by atoms with van der Waals surface area (Å²) in [5.74, 6) is 1.76. The highest BCUT2D eigenvalue weighted by molar-refractivity contribution is 7.19. The molecule has 0 radical (unpaired) electrons. The summed E-state index contributed by atoms with van der Waals surface area (Å²) < 4.78 is 0.797. The van der Waals surface area contributed by atoms with E-state index in [2.05, 4.69) is 15.3 Å². The Balaban J connectivity index is 1.87. The minimum atomic E-state index is 0.524. The topological polar surface area (TPSA) is 37.8 Å². The maximum Gasteiger partial charge on any atom is 0.138 e. The zero-order valence-corrected chi connectivity index (χ0v) is 13.8. The number of aromatic nitrogens is 2. The van der Waals surface area contributed by atoms with E-state index < -0.39 is 0 Å². The Morgan fingerprint density at radius 3 is 2.62 bits per heavy atom. The zero-order valence-electron chi connectivity index (χ0n) is 12.2. The molecule has 1 aliphatic carbocycles. The van der Waals surface area contributed by atoms with Crippen LogP contribution in [0.3, 0.4) is 0 Å². The van der Waals surface area contributed by atoms with Gasteiger partial charge in [0.15, 0.2) is 0 Å². The van der Waals surface area contributed by atoms with Crippen molar-refractivity contribution in [2.75, 3.05) is 5.32 Å². The largest absolute Gasteiger partial charge is 0.367 e. The second kappa shape index (κ2) is 6.75. The first kappa shape index (κ1) is 14.8. The maximum absolute atomic E-state index is 6.06. The van der Waals surface area contributed by atoms with Gasteiger partial charge in [-0.25, -0.2) is 9.97 Å². The molecule has 0 bridgehead atoms. The first-order valence-electron chi connectivity index (χ1n) is 7.58. The Kier molecular flexibility index (Phi) is 4.76. The Bertz CT molecular complexity index is 603. The Hall–Kier alpha value is -1.13. The summed E-state index contributed by atoms with van der Waals surface area (Å²) in [7, 11) is 0. The Labute approximate surface area is 134 Å². The normalized spacial score (nSPS) is 16.7. The van der Waals surface area contributed by atoms with Crippen LogP contribution in [0.2, 0.25) is 4.34 Å². The van der Waals surface area contributed by atoms with Crippen molar-refractivity contribution < 1.29 is 0 Å². The van der Waals surface area contributed by atoms with Gasteiger partial charge in [-0.1, -0.05) is 37.3 Å². The summed E-state index contributed by atoms with van der Waals surface area (Å²) >= 11 is 7.64. The summed E-state index contributed by atoms with van der Waals surface area (Å²) in [4.78, 5) is 10.1. The van der Waals surface area contributed by atoms with Crippen LogP contribution in [0.4, 0.5) is 5.82 Å². The van der Waals surface area contributed by atoms with Gasteiger partial charge in [0.1, 0.15) is 11.6 Å². The molecule has 21 heavy (non-hydrogen) atoms. The third-order valence-electron chi connectivity index (χ3n) is 3.94. The van der Waals surface area contributed by atoms with Crippen molar-refractivity contribution in [3.8, 4) is 10.4 Å². The van der Waals surface area contributed by atoms with Crippen molar-refractivity contribution in [1.82, 2.24) is 9.97 Å². The number of hydrogen-bond donors (Lipinski definition) is 1. The number of aryl methyl sites for hydroxylation is 1. The van der Waals surface area contributed by atoms with Crippen LogP contribution in [-0.4, -0.2) is 16.0 Å². The van der Waals surface area contributed by atoms with E-state index in [4.69, 9.17) is 11.6 Å². The number of thiophene rings is 1. The first-order valence-corrected chi connectivity index (χ1v) is 8.78. The summed E-state index contributed by atoms with van der Waals surface area (Å²) in [6.45, 7) is 1.93. The van der Waals surface area contributed by atoms with Crippen LogP contribution in [0.25, 0.3) is 10.4 Å². The number of anilines is 1. The molecular weight excluding hydrogens is 302 g/mol. The fourth-order valence-electron chi connectivity index (χ4n) is 2.84. The van der Waals surface area contributed by atoms with E-state index in [1.165, 1.54) is 38.5 Å². The zero-order chi connectivity index (χ0) is 14.7. The van der Waals surface area contributed by atoms with Gasteiger partial charge in [0.05, 0.1) is 9.90 Å². The molecule has 2 aromatic rings. The molecule has 0 aromatic carbocycles. The molecule has 2 aromatic heterocycles. The number of hydrogen-bond acceptors (Lipinski definition) is 4. The molecule has 3 rings (SSSR count). The van der Waals surface area contributed by atoms with E-state index in [1.807, 2.05) is 25.3 Å². The fourth-order valence-corrected chi connectivity index (χ4v) is 3.89. The van der Waals surface area contributed by atoms with E-state index in [0.29, 0.717) is 6.04 Å². The van der Waals surface area contributed by atoms with Crippen LogP contribution in [0.15, 0.2) is 18.3 Å². The smallest absolute Gasteiger partial charge is 0.138 e. The van der Waals surface area contributed by atoms with E-state index >= 15 is 0 Å². The van der Waals surface area contributed by atoms with Crippen LogP contribution in [0, 0.1) is 6.92 Å². The Morgan fingerprint density at radius 2 is 1.95 bits per heavy atom. The van der Waals surface area contributed by atoms with E-state index in [1.54, 1.807) is 11.3 Å².